The number of amides is 2. The molecule has 50 heavy (non-hydrogen) atoms. The van der Waals surface area contributed by atoms with Crippen molar-refractivity contribution in [3.8, 4) is 0 Å². The molecule has 5 rings (SSSR count). The average Bonchev–Trinajstić information content (AvgIpc) is 3.23. The number of rotatable bonds is 6. The number of ether oxygens (including phenoxy) is 1. The highest BCUT2D eigenvalue weighted by Crippen LogP contribution is 2.45. The van der Waals surface area contributed by atoms with Crippen LogP contribution in [0.25, 0.3) is 5.76 Å². The quantitative estimate of drug-likeness (QED) is 0.279. The summed E-state index contributed by atoms with van der Waals surface area (Å²) in [4.78, 5) is 32.3. The van der Waals surface area contributed by atoms with Gasteiger partial charge in [0.25, 0.3) is 5.91 Å². The molecule has 1 spiro atoms. The van der Waals surface area contributed by atoms with Crippen LogP contribution in [0.5, 0.6) is 0 Å². The molecule has 0 bridgehead atoms. The number of nitrogens with zero attached hydrogens (tertiary/aromatic N) is 3. The lowest BCUT2D eigenvalue weighted by Crippen LogP contribution is -2.46. The molecule has 274 valence electrons. The molecule has 3 heterocycles. The lowest BCUT2D eigenvalue weighted by atomic mass is 9.69. The van der Waals surface area contributed by atoms with Crippen LogP contribution in [0.4, 0.5) is 9.18 Å². The molecular formula is C36H51BFN3O8S. The van der Waals surface area contributed by atoms with Crippen LogP contribution in [0.1, 0.15) is 96.8 Å². The summed E-state index contributed by atoms with van der Waals surface area (Å²) in [7, 11) is -4.20. The van der Waals surface area contributed by atoms with E-state index in [0.29, 0.717) is 56.7 Å². The second-order valence-corrected chi connectivity index (χ2v) is 16.7. The van der Waals surface area contributed by atoms with Crippen molar-refractivity contribution in [1.82, 2.24) is 14.8 Å². The van der Waals surface area contributed by atoms with E-state index in [1.54, 1.807) is 34.2 Å². The number of halogens is 1. The molecule has 14 heteroatoms. The van der Waals surface area contributed by atoms with Gasteiger partial charge in [-0.1, -0.05) is 12.1 Å². The van der Waals surface area contributed by atoms with Gasteiger partial charge in [0, 0.05) is 43.4 Å². The lowest BCUT2D eigenvalue weighted by molar-refractivity contribution is 0.00578. The number of piperidine rings is 1. The molecule has 1 aromatic carbocycles. The summed E-state index contributed by atoms with van der Waals surface area (Å²) in [6.45, 7) is 19.8. The fourth-order valence-electron chi connectivity index (χ4n) is 6.06. The molecule has 1 aliphatic carbocycles. The standard InChI is InChI=1S/C20H26FNO5S.C16H25BN2O3/c1-19(2,3)26-18(23)22-9-7-20(8-10-22)12-14-5-6-15(21)11-16(14)17(13-20)27-28(4,24)25;1-7-19(8-2)14(20)13-10-9-12(11-18-13)17-21-15(3,4)16(5,6)22-17/h5-6,11,13H,7-10,12H2,1-4H3;9-11H,7-8H2,1-6H3. The number of fused-ring (bicyclic) bond motifs is 1. The van der Waals surface area contributed by atoms with Gasteiger partial charge in [-0.25, -0.2) is 9.18 Å². The number of aromatic nitrogens is 1. The Labute approximate surface area is 296 Å². The van der Waals surface area contributed by atoms with Crippen LogP contribution in [0.2, 0.25) is 0 Å². The van der Waals surface area contributed by atoms with E-state index < -0.39 is 28.7 Å². The summed E-state index contributed by atoms with van der Waals surface area (Å²) in [6, 6.07) is 7.93. The Morgan fingerprint density at radius 3 is 2.12 bits per heavy atom. The zero-order chi connectivity index (χ0) is 37.3. The van der Waals surface area contributed by atoms with Crippen molar-refractivity contribution >= 4 is 40.5 Å². The minimum Gasteiger partial charge on any atom is -0.444 e. The molecule has 0 unspecified atom stereocenters. The molecule has 2 aromatic rings. The van der Waals surface area contributed by atoms with E-state index in [4.69, 9.17) is 18.2 Å². The van der Waals surface area contributed by atoms with Crippen LogP contribution in [0, 0.1) is 11.2 Å². The van der Waals surface area contributed by atoms with Crippen LogP contribution >= 0.6 is 0 Å². The summed E-state index contributed by atoms with van der Waals surface area (Å²) >= 11 is 0. The maximum absolute atomic E-state index is 13.7. The van der Waals surface area contributed by atoms with Gasteiger partial charge in [0.1, 0.15) is 22.9 Å². The highest BCUT2D eigenvalue weighted by atomic mass is 32.2. The van der Waals surface area contributed by atoms with Gasteiger partial charge >= 0.3 is 23.3 Å². The van der Waals surface area contributed by atoms with Crippen molar-refractivity contribution in [1.29, 1.82) is 0 Å². The zero-order valence-corrected chi connectivity index (χ0v) is 31.8. The number of carbonyl (C=O) groups excluding carboxylic acids is 2. The predicted molar refractivity (Wildman–Crippen MR) is 191 cm³/mol. The Hall–Kier alpha value is -3.49. The molecule has 0 radical (unpaired) electrons. The molecule has 1 aromatic heterocycles. The fourth-order valence-corrected chi connectivity index (χ4v) is 6.52. The molecule has 2 fully saturated rings. The number of hydrogen-bond donors (Lipinski definition) is 0. The number of hydrogen-bond acceptors (Lipinski definition) is 9. The largest absolute Gasteiger partial charge is 0.496 e. The van der Waals surface area contributed by atoms with Crippen molar-refractivity contribution in [2.45, 2.75) is 98.4 Å². The first-order valence-corrected chi connectivity index (χ1v) is 18.9. The minimum absolute atomic E-state index is 0.0505. The second kappa shape index (κ2) is 14.6. The van der Waals surface area contributed by atoms with Gasteiger partial charge in [0.2, 0.25) is 0 Å². The third-order valence-electron chi connectivity index (χ3n) is 9.55. The summed E-state index contributed by atoms with van der Waals surface area (Å²) in [6.07, 6.45) is 6.00. The highest BCUT2D eigenvalue weighted by molar-refractivity contribution is 7.86. The number of likely N-dealkylation sites (tertiary alicyclic amines) is 1. The lowest BCUT2D eigenvalue weighted by Gasteiger charge is -2.42. The Morgan fingerprint density at radius 2 is 1.62 bits per heavy atom. The number of pyridine rings is 1. The van der Waals surface area contributed by atoms with E-state index in [1.165, 1.54) is 12.1 Å². The summed E-state index contributed by atoms with van der Waals surface area (Å²) < 4.78 is 59.7. The molecule has 0 saturated carbocycles. The molecule has 0 atom stereocenters. The molecule has 11 nitrogen and oxygen atoms in total. The summed E-state index contributed by atoms with van der Waals surface area (Å²) in [5, 5.41) is 0. The van der Waals surface area contributed by atoms with Crippen molar-refractivity contribution in [2.75, 3.05) is 32.4 Å². The van der Waals surface area contributed by atoms with Gasteiger partial charge in [-0.3, -0.25) is 9.78 Å². The number of allylic oxidation sites excluding steroid dienone is 1. The van der Waals surface area contributed by atoms with Crippen molar-refractivity contribution in [2.24, 2.45) is 5.41 Å². The molecule has 3 aliphatic rings. The first-order chi connectivity index (χ1) is 23.1. The van der Waals surface area contributed by atoms with Crippen LogP contribution in [0.3, 0.4) is 0 Å². The predicted octanol–water partition coefficient (Wildman–Crippen LogP) is 5.58. The monoisotopic (exact) mass is 715 g/mol. The second-order valence-electron chi connectivity index (χ2n) is 15.1. The summed E-state index contributed by atoms with van der Waals surface area (Å²) in [5.74, 6) is -0.336. The van der Waals surface area contributed by atoms with Crippen LogP contribution < -0.4 is 5.46 Å². The van der Waals surface area contributed by atoms with Crippen molar-refractivity contribution < 1.29 is 40.6 Å². The third-order valence-corrected chi connectivity index (χ3v) is 10.0. The van der Waals surface area contributed by atoms with Crippen molar-refractivity contribution in [3.05, 3.63) is 65.2 Å². The van der Waals surface area contributed by atoms with Gasteiger partial charge in [-0.2, -0.15) is 8.42 Å². The van der Waals surface area contributed by atoms with E-state index in [9.17, 15) is 22.4 Å². The first-order valence-electron chi connectivity index (χ1n) is 17.1. The molecular weight excluding hydrogens is 664 g/mol. The summed E-state index contributed by atoms with van der Waals surface area (Å²) in [5.41, 5.74) is 0.915. The number of benzene rings is 1. The average molecular weight is 716 g/mol. The zero-order valence-electron chi connectivity index (χ0n) is 31.0. The van der Waals surface area contributed by atoms with Gasteiger partial charge in [0.05, 0.1) is 17.5 Å². The van der Waals surface area contributed by atoms with E-state index in [1.807, 2.05) is 68.4 Å². The minimum atomic E-state index is -3.75. The van der Waals surface area contributed by atoms with E-state index in [0.717, 1.165) is 17.3 Å². The van der Waals surface area contributed by atoms with E-state index in [-0.39, 0.29) is 34.4 Å². The Morgan fingerprint density at radius 1 is 1.02 bits per heavy atom. The van der Waals surface area contributed by atoms with Crippen LogP contribution in [-0.2, 0) is 34.8 Å². The fraction of sp³-hybridized carbons (Fsp3) is 0.583. The van der Waals surface area contributed by atoms with Crippen LogP contribution in [0.15, 0.2) is 42.6 Å². The van der Waals surface area contributed by atoms with Crippen molar-refractivity contribution in [3.63, 3.8) is 0 Å². The molecule has 2 aliphatic heterocycles. The van der Waals surface area contributed by atoms with E-state index >= 15 is 0 Å². The maximum Gasteiger partial charge on any atom is 0.496 e. The first kappa shape index (κ1) is 39.3. The maximum atomic E-state index is 13.7. The normalized spacial score (nSPS) is 19.1. The van der Waals surface area contributed by atoms with Crippen LogP contribution in [-0.4, -0.2) is 91.6 Å². The highest BCUT2D eigenvalue weighted by Gasteiger charge is 2.52. The Balaban J connectivity index is 0.000000232. The molecule has 2 amide bonds. The van der Waals surface area contributed by atoms with Gasteiger partial charge in [0.15, 0.2) is 0 Å². The van der Waals surface area contributed by atoms with Gasteiger partial charge in [-0.05, 0) is 117 Å². The SMILES string of the molecule is CC(C)(C)OC(=O)N1CCC2(C=C(OS(C)(=O)=O)c3cc(F)ccc3C2)CC1.CCN(CC)C(=O)c1ccc(B2OC(C)(C)C(C)(C)O2)cn1. The van der Waals surface area contributed by atoms with Gasteiger partial charge < -0.3 is 28.0 Å². The molecule has 0 N–H and O–H groups in total. The smallest absolute Gasteiger partial charge is 0.444 e. The molecule has 2 saturated heterocycles. The third kappa shape index (κ3) is 9.44. The topological polar surface area (TPSA) is 125 Å². The Bertz CT molecular complexity index is 1680. The van der Waals surface area contributed by atoms with E-state index in [2.05, 4.69) is 4.98 Å². The number of carbonyl (C=O) groups is 2. The Kier molecular flexibility index (Phi) is 11.5. The van der Waals surface area contributed by atoms with Gasteiger partial charge in [-0.15, -0.1) is 0 Å².